The first-order chi connectivity index (χ1) is 16.2. The van der Waals surface area contributed by atoms with Crippen LogP contribution < -0.4 is 14.9 Å². The van der Waals surface area contributed by atoms with Crippen LogP contribution in [-0.2, 0) is 26.0 Å². The highest BCUT2D eigenvalue weighted by atomic mass is 32.2. The van der Waals surface area contributed by atoms with Crippen LogP contribution in [0.15, 0.2) is 71.6 Å². The molecule has 3 aromatic carbocycles. The maximum atomic E-state index is 12.7. The lowest BCUT2D eigenvalue weighted by atomic mass is 10.1. The standard InChI is InChI=1S/C26H27N3O4S/c1-18-5-8-22(16-19(18)2)28-34(32,33)24-13-9-21(10-14-24)27-25(30)17-20-6-11-23(12-7-20)29-15-3-4-26(29)31/h5-14,16,28H,3-4,15,17H2,1-2H3,(H,27,30). The van der Waals surface area contributed by atoms with Crippen LogP contribution in [0.3, 0.4) is 0 Å². The fourth-order valence-corrected chi connectivity index (χ4v) is 4.89. The van der Waals surface area contributed by atoms with E-state index >= 15 is 0 Å². The van der Waals surface area contributed by atoms with Gasteiger partial charge in [0.15, 0.2) is 0 Å². The molecule has 0 spiro atoms. The second-order valence-electron chi connectivity index (χ2n) is 8.47. The topological polar surface area (TPSA) is 95.6 Å². The first kappa shape index (κ1) is 23.5. The van der Waals surface area contributed by atoms with Gasteiger partial charge in [-0.1, -0.05) is 18.2 Å². The van der Waals surface area contributed by atoms with E-state index in [1.807, 2.05) is 44.2 Å². The number of carbonyl (C=O) groups is 2. The lowest BCUT2D eigenvalue weighted by Crippen LogP contribution is -2.23. The van der Waals surface area contributed by atoms with Crippen molar-refractivity contribution in [1.29, 1.82) is 0 Å². The van der Waals surface area contributed by atoms with Gasteiger partial charge in [-0.3, -0.25) is 14.3 Å². The predicted molar refractivity (Wildman–Crippen MR) is 134 cm³/mol. The highest BCUT2D eigenvalue weighted by Gasteiger charge is 2.21. The molecule has 1 aliphatic heterocycles. The van der Waals surface area contributed by atoms with Crippen LogP contribution in [0.25, 0.3) is 0 Å². The molecule has 1 saturated heterocycles. The molecule has 8 heteroatoms. The summed E-state index contributed by atoms with van der Waals surface area (Å²) in [7, 11) is -3.74. The predicted octanol–water partition coefficient (Wildman–Crippen LogP) is 4.41. The van der Waals surface area contributed by atoms with Crippen molar-refractivity contribution in [3.8, 4) is 0 Å². The molecule has 0 aliphatic carbocycles. The van der Waals surface area contributed by atoms with Gasteiger partial charge in [0.25, 0.3) is 10.0 Å². The molecule has 4 rings (SSSR count). The number of amides is 2. The Morgan fingerprint density at radius 1 is 0.912 bits per heavy atom. The molecule has 1 aliphatic rings. The van der Waals surface area contributed by atoms with E-state index in [9.17, 15) is 18.0 Å². The van der Waals surface area contributed by atoms with Gasteiger partial charge in [-0.05, 0) is 85.5 Å². The average molecular weight is 478 g/mol. The highest BCUT2D eigenvalue weighted by Crippen LogP contribution is 2.23. The van der Waals surface area contributed by atoms with E-state index in [0.717, 1.165) is 35.3 Å². The summed E-state index contributed by atoms with van der Waals surface area (Å²) in [4.78, 5) is 26.2. The van der Waals surface area contributed by atoms with E-state index in [0.29, 0.717) is 17.8 Å². The third kappa shape index (κ3) is 5.46. The van der Waals surface area contributed by atoms with Crippen molar-refractivity contribution in [2.24, 2.45) is 0 Å². The summed E-state index contributed by atoms with van der Waals surface area (Å²) in [6.45, 7) is 4.62. The zero-order valence-electron chi connectivity index (χ0n) is 19.2. The van der Waals surface area contributed by atoms with Crippen molar-refractivity contribution < 1.29 is 18.0 Å². The number of aryl methyl sites for hydroxylation is 2. The van der Waals surface area contributed by atoms with Gasteiger partial charge in [-0.2, -0.15) is 0 Å². The van der Waals surface area contributed by atoms with E-state index in [1.165, 1.54) is 12.1 Å². The second-order valence-corrected chi connectivity index (χ2v) is 10.2. The number of anilines is 3. The zero-order chi connectivity index (χ0) is 24.3. The lowest BCUT2D eigenvalue weighted by molar-refractivity contribution is -0.117. The van der Waals surface area contributed by atoms with Crippen LogP contribution in [-0.4, -0.2) is 26.8 Å². The summed E-state index contributed by atoms with van der Waals surface area (Å²) in [5, 5.41) is 2.79. The van der Waals surface area contributed by atoms with Gasteiger partial charge >= 0.3 is 0 Å². The number of nitrogens with one attached hydrogen (secondary N) is 2. The van der Waals surface area contributed by atoms with Crippen LogP contribution >= 0.6 is 0 Å². The van der Waals surface area contributed by atoms with Crippen molar-refractivity contribution in [3.63, 3.8) is 0 Å². The maximum absolute atomic E-state index is 12.7. The highest BCUT2D eigenvalue weighted by molar-refractivity contribution is 7.92. The molecule has 2 N–H and O–H groups in total. The fraction of sp³-hybridized carbons (Fsp3) is 0.231. The van der Waals surface area contributed by atoms with Crippen molar-refractivity contribution in [3.05, 3.63) is 83.4 Å². The zero-order valence-corrected chi connectivity index (χ0v) is 20.0. The largest absolute Gasteiger partial charge is 0.326 e. The molecule has 0 unspecified atom stereocenters. The van der Waals surface area contributed by atoms with Gasteiger partial charge in [-0.25, -0.2) is 8.42 Å². The Balaban J connectivity index is 1.36. The summed E-state index contributed by atoms with van der Waals surface area (Å²) in [6.07, 6.45) is 1.61. The minimum atomic E-state index is -3.74. The minimum Gasteiger partial charge on any atom is -0.326 e. The Kier molecular flexibility index (Phi) is 6.70. The van der Waals surface area contributed by atoms with Crippen molar-refractivity contribution in [2.45, 2.75) is 38.0 Å². The van der Waals surface area contributed by atoms with E-state index in [1.54, 1.807) is 29.2 Å². The van der Waals surface area contributed by atoms with Crippen molar-refractivity contribution in [1.82, 2.24) is 0 Å². The van der Waals surface area contributed by atoms with E-state index in [2.05, 4.69) is 10.0 Å². The summed E-state index contributed by atoms with van der Waals surface area (Å²) < 4.78 is 28.0. The van der Waals surface area contributed by atoms with Crippen LogP contribution in [0.4, 0.5) is 17.1 Å². The maximum Gasteiger partial charge on any atom is 0.261 e. The van der Waals surface area contributed by atoms with Crippen molar-refractivity contribution in [2.75, 3.05) is 21.5 Å². The van der Waals surface area contributed by atoms with E-state index in [-0.39, 0.29) is 23.1 Å². The Morgan fingerprint density at radius 3 is 2.21 bits per heavy atom. The van der Waals surface area contributed by atoms with Gasteiger partial charge in [0.1, 0.15) is 0 Å². The SMILES string of the molecule is Cc1ccc(NS(=O)(=O)c2ccc(NC(=O)Cc3ccc(N4CCCC4=O)cc3)cc2)cc1C. The Morgan fingerprint density at radius 2 is 1.59 bits per heavy atom. The molecule has 7 nitrogen and oxygen atoms in total. The van der Waals surface area contributed by atoms with Crippen molar-refractivity contribution >= 4 is 38.9 Å². The minimum absolute atomic E-state index is 0.107. The molecule has 2 amide bonds. The Hall–Kier alpha value is -3.65. The summed E-state index contributed by atoms with van der Waals surface area (Å²) in [5.74, 6) is -0.0889. The number of nitrogens with zero attached hydrogens (tertiary/aromatic N) is 1. The molecule has 3 aromatic rings. The Labute approximate surface area is 199 Å². The fourth-order valence-electron chi connectivity index (χ4n) is 3.84. The molecular formula is C26H27N3O4S. The quantitative estimate of drug-likeness (QED) is 0.527. The molecule has 0 bridgehead atoms. The molecule has 176 valence electrons. The van der Waals surface area contributed by atoms with E-state index < -0.39 is 10.0 Å². The van der Waals surface area contributed by atoms with Gasteiger partial charge in [0, 0.05) is 30.0 Å². The van der Waals surface area contributed by atoms with Gasteiger partial charge in [0.2, 0.25) is 11.8 Å². The first-order valence-electron chi connectivity index (χ1n) is 11.1. The molecule has 1 heterocycles. The third-order valence-corrected chi connectivity index (χ3v) is 7.29. The summed E-state index contributed by atoms with van der Waals surface area (Å²) in [5.41, 5.74) is 4.76. The molecule has 34 heavy (non-hydrogen) atoms. The van der Waals surface area contributed by atoms with Gasteiger partial charge in [0.05, 0.1) is 11.3 Å². The summed E-state index contributed by atoms with van der Waals surface area (Å²) in [6, 6.07) is 18.8. The van der Waals surface area contributed by atoms with Gasteiger partial charge in [-0.15, -0.1) is 0 Å². The first-order valence-corrected chi connectivity index (χ1v) is 12.6. The average Bonchev–Trinajstić information content (AvgIpc) is 3.23. The number of hydrogen-bond acceptors (Lipinski definition) is 4. The number of rotatable bonds is 7. The van der Waals surface area contributed by atoms with Crippen LogP contribution in [0.5, 0.6) is 0 Å². The molecule has 0 aromatic heterocycles. The molecule has 0 radical (unpaired) electrons. The monoisotopic (exact) mass is 477 g/mol. The Bertz CT molecular complexity index is 1320. The van der Waals surface area contributed by atoms with Crippen LogP contribution in [0.2, 0.25) is 0 Å². The number of benzene rings is 3. The third-order valence-electron chi connectivity index (χ3n) is 5.89. The van der Waals surface area contributed by atoms with E-state index in [4.69, 9.17) is 0 Å². The normalized spacial score (nSPS) is 13.7. The molecule has 0 atom stereocenters. The lowest BCUT2D eigenvalue weighted by Gasteiger charge is -2.16. The summed E-state index contributed by atoms with van der Waals surface area (Å²) >= 11 is 0. The second kappa shape index (κ2) is 9.69. The molecule has 0 saturated carbocycles. The van der Waals surface area contributed by atoms with Gasteiger partial charge < -0.3 is 10.2 Å². The molecule has 1 fully saturated rings. The number of hydrogen-bond donors (Lipinski definition) is 2. The smallest absolute Gasteiger partial charge is 0.261 e. The number of carbonyl (C=O) groups excluding carboxylic acids is 2. The van der Waals surface area contributed by atoms with Crippen LogP contribution in [0.1, 0.15) is 29.5 Å². The number of sulfonamides is 1. The molecular weight excluding hydrogens is 450 g/mol. The van der Waals surface area contributed by atoms with Crippen LogP contribution in [0, 0.1) is 13.8 Å².